The first-order chi connectivity index (χ1) is 4.31. The van der Waals surface area contributed by atoms with Gasteiger partial charge in [0.2, 0.25) is 0 Å². The SMILES string of the molecule is FC1CCNC1.O=CO. The lowest BCUT2D eigenvalue weighted by atomic mass is 10.4. The third kappa shape index (κ3) is 5.23. The molecule has 0 radical (unpaired) electrons. The lowest BCUT2D eigenvalue weighted by molar-refractivity contribution is -0.122. The van der Waals surface area contributed by atoms with E-state index in [9.17, 15) is 4.39 Å². The van der Waals surface area contributed by atoms with Crippen molar-refractivity contribution in [2.75, 3.05) is 13.1 Å². The molecule has 0 aliphatic carbocycles. The maximum atomic E-state index is 11.9. The van der Waals surface area contributed by atoms with Gasteiger partial charge in [0.05, 0.1) is 0 Å². The van der Waals surface area contributed by atoms with Crippen molar-refractivity contribution in [2.24, 2.45) is 0 Å². The quantitative estimate of drug-likeness (QED) is 0.460. The average molecular weight is 135 g/mol. The highest BCUT2D eigenvalue weighted by Gasteiger charge is 2.10. The molecule has 9 heavy (non-hydrogen) atoms. The molecule has 0 saturated carbocycles. The minimum atomic E-state index is -0.565. The molecule has 1 heterocycles. The summed E-state index contributed by atoms with van der Waals surface area (Å²) in [4.78, 5) is 8.36. The number of halogens is 1. The second-order valence-corrected chi connectivity index (χ2v) is 1.70. The van der Waals surface area contributed by atoms with Crippen LogP contribution in [0.3, 0.4) is 0 Å². The van der Waals surface area contributed by atoms with Gasteiger partial charge in [0.25, 0.3) is 6.47 Å². The standard InChI is InChI=1S/C4H8FN.CH2O2/c5-4-1-2-6-3-4;2-1-3/h4,6H,1-3H2;1H,(H,2,3). The van der Waals surface area contributed by atoms with Crippen LogP contribution in [0.15, 0.2) is 0 Å². The van der Waals surface area contributed by atoms with Gasteiger partial charge in [-0.15, -0.1) is 0 Å². The fourth-order valence-corrected chi connectivity index (χ4v) is 0.619. The molecular formula is C5H10FNO2. The van der Waals surface area contributed by atoms with Crippen LogP contribution in [0.4, 0.5) is 4.39 Å². The van der Waals surface area contributed by atoms with Gasteiger partial charge >= 0.3 is 0 Å². The van der Waals surface area contributed by atoms with Crippen LogP contribution < -0.4 is 5.32 Å². The number of alkyl halides is 1. The van der Waals surface area contributed by atoms with Crippen molar-refractivity contribution in [1.29, 1.82) is 0 Å². The second-order valence-electron chi connectivity index (χ2n) is 1.70. The van der Waals surface area contributed by atoms with Crippen LogP contribution in [0.1, 0.15) is 6.42 Å². The molecule has 1 fully saturated rings. The predicted molar refractivity (Wildman–Crippen MR) is 31.1 cm³/mol. The maximum absolute atomic E-state index is 11.9. The van der Waals surface area contributed by atoms with Crippen molar-refractivity contribution in [2.45, 2.75) is 12.6 Å². The van der Waals surface area contributed by atoms with Crippen molar-refractivity contribution >= 4 is 6.47 Å². The summed E-state index contributed by atoms with van der Waals surface area (Å²) in [5.74, 6) is 0. The highest BCUT2D eigenvalue weighted by atomic mass is 19.1. The summed E-state index contributed by atoms with van der Waals surface area (Å²) < 4.78 is 11.9. The third-order valence-electron chi connectivity index (χ3n) is 1.00. The topological polar surface area (TPSA) is 49.3 Å². The van der Waals surface area contributed by atoms with Gasteiger partial charge in [-0.05, 0) is 13.0 Å². The number of nitrogens with one attached hydrogen (secondary N) is 1. The molecule has 0 aromatic heterocycles. The number of hydrogen-bond acceptors (Lipinski definition) is 2. The molecule has 1 aliphatic heterocycles. The highest BCUT2D eigenvalue weighted by Crippen LogP contribution is 1.99. The number of rotatable bonds is 0. The Morgan fingerprint density at radius 2 is 2.33 bits per heavy atom. The molecule has 0 amide bonds. The van der Waals surface area contributed by atoms with Crippen LogP contribution in [-0.2, 0) is 4.79 Å². The first kappa shape index (κ1) is 8.36. The fourth-order valence-electron chi connectivity index (χ4n) is 0.619. The molecule has 1 saturated heterocycles. The van der Waals surface area contributed by atoms with Gasteiger partial charge in [0, 0.05) is 6.54 Å². The van der Waals surface area contributed by atoms with Crippen molar-refractivity contribution in [3.63, 3.8) is 0 Å². The predicted octanol–water partition coefficient (Wildman–Crippen LogP) is 0.0186. The zero-order chi connectivity index (χ0) is 7.11. The van der Waals surface area contributed by atoms with Crippen molar-refractivity contribution in [3.05, 3.63) is 0 Å². The van der Waals surface area contributed by atoms with Crippen LogP contribution in [0, 0.1) is 0 Å². The van der Waals surface area contributed by atoms with E-state index in [2.05, 4.69) is 5.32 Å². The largest absolute Gasteiger partial charge is 0.483 e. The molecule has 0 aromatic rings. The Balaban J connectivity index is 0.000000187. The van der Waals surface area contributed by atoms with Crippen molar-refractivity contribution < 1.29 is 14.3 Å². The van der Waals surface area contributed by atoms with E-state index in [1.807, 2.05) is 0 Å². The third-order valence-corrected chi connectivity index (χ3v) is 1.00. The molecule has 0 aromatic carbocycles. The number of carbonyl (C=O) groups is 1. The summed E-state index contributed by atoms with van der Waals surface area (Å²) in [5, 5.41) is 9.79. The van der Waals surface area contributed by atoms with E-state index in [1.165, 1.54) is 0 Å². The molecule has 0 spiro atoms. The summed E-state index contributed by atoms with van der Waals surface area (Å²) in [6, 6.07) is 0. The lowest BCUT2D eigenvalue weighted by Gasteiger charge is -1.86. The van der Waals surface area contributed by atoms with E-state index >= 15 is 0 Å². The minimum Gasteiger partial charge on any atom is -0.483 e. The van der Waals surface area contributed by atoms with Crippen molar-refractivity contribution in [3.8, 4) is 0 Å². The van der Waals surface area contributed by atoms with Gasteiger partial charge in [0.1, 0.15) is 6.17 Å². The van der Waals surface area contributed by atoms with Gasteiger partial charge < -0.3 is 10.4 Å². The summed E-state index contributed by atoms with van der Waals surface area (Å²) in [6.45, 7) is 1.18. The van der Waals surface area contributed by atoms with E-state index in [4.69, 9.17) is 9.90 Å². The number of carboxylic acid groups (broad SMARTS) is 1. The average Bonchev–Trinajstić information content (AvgIpc) is 2.20. The molecule has 2 N–H and O–H groups in total. The first-order valence-corrected chi connectivity index (χ1v) is 2.74. The molecule has 1 atom stereocenters. The van der Waals surface area contributed by atoms with E-state index < -0.39 is 6.17 Å². The Bertz CT molecular complexity index is 73.4. The maximum Gasteiger partial charge on any atom is 0.290 e. The van der Waals surface area contributed by atoms with Crippen LogP contribution in [0.2, 0.25) is 0 Å². The highest BCUT2D eigenvalue weighted by molar-refractivity contribution is 5.32. The summed E-state index contributed by atoms with van der Waals surface area (Å²) in [5.41, 5.74) is 0. The molecule has 1 unspecified atom stereocenters. The Morgan fingerprint density at radius 1 is 1.78 bits per heavy atom. The summed E-state index contributed by atoms with van der Waals surface area (Å²) in [6.07, 6.45) is 0.144. The van der Waals surface area contributed by atoms with Gasteiger partial charge in [-0.3, -0.25) is 4.79 Å². The first-order valence-electron chi connectivity index (χ1n) is 2.74. The van der Waals surface area contributed by atoms with Gasteiger partial charge in [-0.1, -0.05) is 0 Å². The van der Waals surface area contributed by atoms with Crippen molar-refractivity contribution in [1.82, 2.24) is 5.32 Å². The molecular weight excluding hydrogens is 125 g/mol. The Labute approximate surface area is 52.9 Å². The zero-order valence-corrected chi connectivity index (χ0v) is 5.01. The number of hydrogen-bond donors (Lipinski definition) is 2. The Hall–Kier alpha value is -0.640. The van der Waals surface area contributed by atoms with E-state index in [-0.39, 0.29) is 6.47 Å². The summed E-state index contributed by atoms with van der Waals surface area (Å²) >= 11 is 0. The normalized spacial score (nSPS) is 24.3. The monoisotopic (exact) mass is 135 g/mol. The van der Waals surface area contributed by atoms with E-state index in [0.717, 1.165) is 6.54 Å². The second kappa shape index (κ2) is 5.50. The Morgan fingerprint density at radius 3 is 2.44 bits per heavy atom. The molecule has 3 nitrogen and oxygen atoms in total. The van der Waals surface area contributed by atoms with Gasteiger partial charge in [-0.25, -0.2) is 4.39 Å². The van der Waals surface area contributed by atoms with E-state index in [0.29, 0.717) is 13.0 Å². The molecule has 54 valence electrons. The fraction of sp³-hybridized carbons (Fsp3) is 0.800. The minimum absolute atomic E-state index is 0.250. The molecule has 0 bridgehead atoms. The summed E-state index contributed by atoms with van der Waals surface area (Å²) in [7, 11) is 0. The smallest absolute Gasteiger partial charge is 0.290 e. The van der Waals surface area contributed by atoms with Gasteiger partial charge in [0.15, 0.2) is 0 Å². The molecule has 4 heteroatoms. The molecule has 1 aliphatic rings. The van der Waals surface area contributed by atoms with Crippen LogP contribution in [0.5, 0.6) is 0 Å². The van der Waals surface area contributed by atoms with Crippen LogP contribution in [-0.4, -0.2) is 30.8 Å². The lowest BCUT2D eigenvalue weighted by Crippen LogP contribution is -2.08. The van der Waals surface area contributed by atoms with E-state index in [1.54, 1.807) is 0 Å². The zero-order valence-electron chi connectivity index (χ0n) is 5.01. The Kier molecular flexibility index (Phi) is 5.11. The van der Waals surface area contributed by atoms with Crippen LogP contribution in [0.25, 0.3) is 0 Å². The molecule has 1 rings (SSSR count). The van der Waals surface area contributed by atoms with Crippen LogP contribution >= 0.6 is 0 Å². The van der Waals surface area contributed by atoms with Gasteiger partial charge in [-0.2, -0.15) is 0 Å².